The summed E-state index contributed by atoms with van der Waals surface area (Å²) in [4.78, 5) is 4.51. The highest BCUT2D eigenvalue weighted by Gasteiger charge is 2.28. The zero-order valence-electron chi connectivity index (χ0n) is 12.3. The number of hydrogen-bond donors (Lipinski definition) is 1. The first kappa shape index (κ1) is 15.2. The summed E-state index contributed by atoms with van der Waals surface area (Å²) in [6.07, 6.45) is 4.05. The van der Waals surface area contributed by atoms with Crippen LogP contribution in [0.15, 0.2) is 12.4 Å². The molecule has 4 heteroatoms. The number of aromatic nitrogens is 2. The monoisotopic (exact) mass is 253 g/mol. The Morgan fingerprint density at radius 1 is 1.33 bits per heavy atom. The number of aryl methyl sites for hydroxylation is 1. The van der Waals surface area contributed by atoms with Gasteiger partial charge in [0.25, 0.3) is 0 Å². The highest BCUT2D eigenvalue weighted by molar-refractivity contribution is 5.03. The number of imidazole rings is 1. The Kier molecular flexibility index (Phi) is 6.36. The number of ether oxygens (including phenoxy) is 1. The molecule has 0 aliphatic carbocycles. The molecule has 0 amide bonds. The third-order valence-electron chi connectivity index (χ3n) is 3.14. The molecule has 0 radical (unpaired) electrons. The number of hydrogen-bond acceptors (Lipinski definition) is 3. The van der Waals surface area contributed by atoms with Crippen molar-refractivity contribution in [1.29, 1.82) is 0 Å². The molecule has 0 aliphatic rings. The van der Waals surface area contributed by atoms with Crippen LogP contribution in [0.1, 0.15) is 46.5 Å². The Morgan fingerprint density at radius 2 is 2.06 bits per heavy atom. The summed E-state index contributed by atoms with van der Waals surface area (Å²) < 4.78 is 8.11. The van der Waals surface area contributed by atoms with Gasteiger partial charge in [-0.05, 0) is 26.3 Å². The van der Waals surface area contributed by atoms with Crippen molar-refractivity contribution >= 4 is 0 Å². The van der Waals surface area contributed by atoms with Gasteiger partial charge in [0.05, 0.1) is 12.1 Å². The zero-order valence-corrected chi connectivity index (χ0v) is 12.3. The van der Waals surface area contributed by atoms with Crippen LogP contribution in [0.5, 0.6) is 0 Å². The van der Waals surface area contributed by atoms with Crippen LogP contribution in [0.4, 0.5) is 0 Å². The molecule has 0 saturated carbocycles. The molecule has 1 rings (SSSR count). The Hall–Kier alpha value is -0.870. The molecular weight excluding hydrogens is 226 g/mol. The van der Waals surface area contributed by atoms with Crippen molar-refractivity contribution in [2.24, 2.45) is 5.92 Å². The van der Waals surface area contributed by atoms with Gasteiger partial charge in [-0.2, -0.15) is 0 Å². The first-order valence-electron chi connectivity index (χ1n) is 7.01. The molecule has 1 heterocycles. The average molecular weight is 253 g/mol. The number of likely N-dealkylation sites (N-methyl/N-ethyl adjacent to an activating group) is 1. The van der Waals surface area contributed by atoms with Crippen molar-refractivity contribution in [3.8, 4) is 0 Å². The molecule has 1 aromatic heterocycles. The van der Waals surface area contributed by atoms with Gasteiger partial charge in [-0.25, -0.2) is 4.98 Å². The number of nitrogens with zero attached hydrogens (tertiary/aromatic N) is 2. The van der Waals surface area contributed by atoms with E-state index in [0.717, 1.165) is 25.5 Å². The van der Waals surface area contributed by atoms with E-state index in [1.807, 2.05) is 19.3 Å². The molecule has 0 aliphatic heterocycles. The molecule has 104 valence electrons. The summed E-state index contributed by atoms with van der Waals surface area (Å²) in [6.45, 7) is 13.3. The predicted molar refractivity (Wildman–Crippen MR) is 74.6 cm³/mol. The average Bonchev–Trinajstić information content (AvgIpc) is 2.81. The van der Waals surface area contributed by atoms with E-state index >= 15 is 0 Å². The van der Waals surface area contributed by atoms with Crippen LogP contribution < -0.4 is 5.32 Å². The van der Waals surface area contributed by atoms with Gasteiger partial charge in [0, 0.05) is 25.5 Å². The fourth-order valence-electron chi connectivity index (χ4n) is 2.31. The lowest BCUT2D eigenvalue weighted by molar-refractivity contribution is 0.000322. The molecular formula is C14H27N3O. The molecule has 4 nitrogen and oxygen atoms in total. The van der Waals surface area contributed by atoms with E-state index in [0.29, 0.717) is 5.92 Å². The van der Waals surface area contributed by atoms with Crippen molar-refractivity contribution < 1.29 is 4.74 Å². The van der Waals surface area contributed by atoms with Gasteiger partial charge in [-0.3, -0.25) is 0 Å². The van der Waals surface area contributed by atoms with Gasteiger partial charge in [0.2, 0.25) is 0 Å². The minimum atomic E-state index is 0.155. The molecule has 0 spiro atoms. The van der Waals surface area contributed by atoms with Crippen LogP contribution >= 0.6 is 0 Å². The molecule has 0 bridgehead atoms. The quantitative estimate of drug-likeness (QED) is 0.774. The topological polar surface area (TPSA) is 39.1 Å². The third kappa shape index (κ3) is 3.56. The van der Waals surface area contributed by atoms with E-state index in [2.05, 4.69) is 42.6 Å². The Labute approximate surface area is 111 Å². The van der Waals surface area contributed by atoms with Crippen molar-refractivity contribution in [1.82, 2.24) is 14.9 Å². The molecule has 0 fully saturated rings. The molecule has 2 unspecified atom stereocenters. The first-order valence-corrected chi connectivity index (χ1v) is 7.01. The normalized spacial score (nSPS) is 15.0. The molecule has 0 aromatic carbocycles. The third-order valence-corrected chi connectivity index (χ3v) is 3.14. The zero-order chi connectivity index (χ0) is 13.5. The Morgan fingerprint density at radius 3 is 2.56 bits per heavy atom. The minimum absolute atomic E-state index is 0.155. The molecule has 1 N–H and O–H groups in total. The Bertz CT molecular complexity index is 336. The second-order valence-corrected chi connectivity index (χ2v) is 4.77. The largest absolute Gasteiger partial charge is 0.376 e. The van der Waals surface area contributed by atoms with Gasteiger partial charge >= 0.3 is 0 Å². The smallest absolute Gasteiger partial charge is 0.128 e. The molecule has 18 heavy (non-hydrogen) atoms. The summed E-state index contributed by atoms with van der Waals surface area (Å²) in [5.41, 5.74) is 0. The van der Waals surface area contributed by atoms with Crippen molar-refractivity contribution in [3.63, 3.8) is 0 Å². The van der Waals surface area contributed by atoms with E-state index in [-0.39, 0.29) is 12.1 Å². The SMILES string of the molecule is CCNC(c1nccn1CC)C(OCC)C(C)C. The fraction of sp³-hybridized carbons (Fsp3) is 0.786. The van der Waals surface area contributed by atoms with Crippen LogP contribution in [-0.2, 0) is 11.3 Å². The molecule has 0 saturated heterocycles. The van der Waals surface area contributed by atoms with E-state index < -0.39 is 0 Å². The lowest BCUT2D eigenvalue weighted by atomic mass is 9.98. The number of nitrogens with one attached hydrogen (secondary N) is 1. The van der Waals surface area contributed by atoms with Gasteiger partial charge in [0.15, 0.2) is 0 Å². The first-order chi connectivity index (χ1) is 8.65. The second-order valence-electron chi connectivity index (χ2n) is 4.77. The van der Waals surface area contributed by atoms with Crippen LogP contribution in [0, 0.1) is 5.92 Å². The lowest BCUT2D eigenvalue weighted by Gasteiger charge is -2.30. The van der Waals surface area contributed by atoms with Crippen molar-refractivity contribution in [3.05, 3.63) is 18.2 Å². The lowest BCUT2D eigenvalue weighted by Crippen LogP contribution is -2.39. The van der Waals surface area contributed by atoms with Gasteiger partial charge in [-0.1, -0.05) is 20.8 Å². The van der Waals surface area contributed by atoms with Crippen molar-refractivity contribution in [2.75, 3.05) is 13.2 Å². The standard InChI is InChI=1S/C14H27N3O/c1-6-15-12(13(11(4)5)18-8-3)14-16-9-10-17(14)7-2/h9-13,15H,6-8H2,1-5H3. The molecule has 2 atom stereocenters. The van der Waals surface area contributed by atoms with Gasteiger partial charge < -0.3 is 14.6 Å². The van der Waals surface area contributed by atoms with Gasteiger partial charge in [0.1, 0.15) is 5.82 Å². The maximum absolute atomic E-state index is 5.93. The summed E-state index contributed by atoms with van der Waals surface area (Å²) in [5.74, 6) is 1.53. The second kappa shape index (κ2) is 7.54. The highest BCUT2D eigenvalue weighted by Crippen LogP contribution is 2.23. The Balaban J connectivity index is 2.99. The number of rotatable bonds is 8. The van der Waals surface area contributed by atoms with Crippen LogP contribution in [0.25, 0.3) is 0 Å². The fourth-order valence-corrected chi connectivity index (χ4v) is 2.31. The maximum Gasteiger partial charge on any atom is 0.128 e. The van der Waals surface area contributed by atoms with Crippen LogP contribution in [0.3, 0.4) is 0 Å². The van der Waals surface area contributed by atoms with E-state index in [1.165, 1.54) is 0 Å². The van der Waals surface area contributed by atoms with Crippen molar-refractivity contribution in [2.45, 2.75) is 53.3 Å². The molecule has 1 aromatic rings. The van der Waals surface area contributed by atoms with E-state index in [9.17, 15) is 0 Å². The summed E-state index contributed by atoms with van der Waals surface area (Å²) in [5, 5.41) is 3.52. The summed E-state index contributed by atoms with van der Waals surface area (Å²) in [7, 11) is 0. The predicted octanol–water partition coefficient (Wildman–Crippen LogP) is 2.61. The van der Waals surface area contributed by atoms with E-state index in [1.54, 1.807) is 0 Å². The minimum Gasteiger partial charge on any atom is -0.376 e. The summed E-state index contributed by atoms with van der Waals surface area (Å²) in [6, 6.07) is 0.157. The highest BCUT2D eigenvalue weighted by atomic mass is 16.5. The van der Waals surface area contributed by atoms with Gasteiger partial charge in [-0.15, -0.1) is 0 Å². The summed E-state index contributed by atoms with van der Waals surface area (Å²) >= 11 is 0. The van der Waals surface area contributed by atoms with Crippen LogP contribution in [0.2, 0.25) is 0 Å². The maximum atomic E-state index is 5.93. The van der Waals surface area contributed by atoms with E-state index in [4.69, 9.17) is 4.74 Å². The van der Waals surface area contributed by atoms with Crippen LogP contribution in [-0.4, -0.2) is 28.8 Å².